The molecule has 7 nitrogen and oxygen atoms in total. The van der Waals surface area contributed by atoms with Gasteiger partial charge in [0, 0.05) is 36.6 Å². The van der Waals surface area contributed by atoms with Crippen molar-refractivity contribution in [2.75, 3.05) is 18.5 Å². The molecule has 0 radical (unpaired) electrons. The van der Waals surface area contributed by atoms with Crippen molar-refractivity contribution < 1.29 is 4.74 Å². The Morgan fingerprint density at radius 1 is 0.969 bits per heavy atom. The Morgan fingerprint density at radius 3 is 2.44 bits per heavy atom. The number of nitrogens with one attached hydrogen (secondary N) is 1. The van der Waals surface area contributed by atoms with Crippen molar-refractivity contribution in [1.82, 2.24) is 9.97 Å². The number of allylic oxidation sites excluding steroid dienone is 1. The fourth-order valence-corrected chi connectivity index (χ4v) is 3.61. The molecule has 2 heterocycles. The van der Waals surface area contributed by atoms with E-state index in [9.17, 15) is 0 Å². The first kappa shape index (κ1) is 21.5. The van der Waals surface area contributed by atoms with Crippen molar-refractivity contribution in [1.29, 1.82) is 0 Å². The topological polar surface area (TPSA) is 111 Å². The average Bonchev–Trinajstić information content (AvgIpc) is 2.80. The van der Waals surface area contributed by atoms with E-state index in [1.54, 1.807) is 13.0 Å². The zero-order chi connectivity index (χ0) is 22.3. The van der Waals surface area contributed by atoms with E-state index >= 15 is 0 Å². The van der Waals surface area contributed by atoms with E-state index in [1.807, 2.05) is 36.4 Å². The van der Waals surface area contributed by atoms with Gasteiger partial charge in [-0.1, -0.05) is 48.5 Å². The van der Waals surface area contributed by atoms with E-state index in [0.717, 1.165) is 42.7 Å². The number of rotatable bonds is 6. The molecule has 0 spiro atoms. The SMILES string of the molecule is C/C(N)=C/C(N)=Nc1cc(NC2CCOCC2)nc(-c2cccc(-c3ccccc3)c2)n1. The van der Waals surface area contributed by atoms with Gasteiger partial charge in [0.05, 0.1) is 0 Å². The Kier molecular flexibility index (Phi) is 6.77. The quantitative estimate of drug-likeness (QED) is 0.400. The molecule has 5 N–H and O–H groups in total. The second-order valence-electron chi connectivity index (χ2n) is 7.84. The summed E-state index contributed by atoms with van der Waals surface area (Å²) in [5.74, 6) is 2.07. The Bertz CT molecular complexity index is 1120. The zero-order valence-electron chi connectivity index (χ0n) is 18.2. The summed E-state index contributed by atoms with van der Waals surface area (Å²) in [4.78, 5) is 13.9. The van der Waals surface area contributed by atoms with Gasteiger partial charge < -0.3 is 21.5 Å². The smallest absolute Gasteiger partial charge is 0.163 e. The molecule has 1 saturated heterocycles. The lowest BCUT2D eigenvalue weighted by molar-refractivity contribution is 0.0904. The van der Waals surface area contributed by atoms with Crippen molar-refractivity contribution in [3.63, 3.8) is 0 Å². The van der Waals surface area contributed by atoms with Crippen LogP contribution in [-0.4, -0.2) is 35.1 Å². The van der Waals surface area contributed by atoms with E-state index < -0.39 is 0 Å². The van der Waals surface area contributed by atoms with Crippen LogP contribution in [-0.2, 0) is 4.74 Å². The van der Waals surface area contributed by atoms with Crippen LogP contribution in [0.5, 0.6) is 0 Å². The number of anilines is 1. The molecule has 0 bridgehead atoms. The van der Waals surface area contributed by atoms with Crippen LogP contribution in [0.4, 0.5) is 11.6 Å². The first-order valence-corrected chi connectivity index (χ1v) is 10.7. The maximum absolute atomic E-state index is 6.03. The van der Waals surface area contributed by atoms with Crippen LogP contribution in [0.15, 0.2) is 77.4 Å². The van der Waals surface area contributed by atoms with Gasteiger partial charge in [0.25, 0.3) is 0 Å². The van der Waals surface area contributed by atoms with E-state index in [-0.39, 0.29) is 0 Å². The summed E-state index contributed by atoms with van der Waals surface area (Å²) in [6, 6.07) is 20.5. The lowest BCUT2D eigenvalue weighted by Crippen LogP contribution is -2.28. The van der Waals surface area contributed by atoms with Gasteiger partial charge in [-0.15, -0.1) is 0 Å². The molecule has 1 aliphatic heterocycles. The second-order valence-corrected chi connectivity index (χ2v) is 7.84. The van der Waals surface area contributed by atoms with Gasteiger partial charge in [0.15, 0.2) is 11.6 Å². The number of hydrogen-bond acceptors (Lipinski definition) is 6. The van der Waals surface area contributed by atoms with E-state index in [4.69, 9.17) is 21.2 Å². The largest absolute Gasteiger partial charge is 0.402 e. The number of ether oxygens (including phenoxy) is 1. The predicted molar refractivity (Wildman–Crippen MR) is 130 cm³/mol. The van der Waals surface area contributed by atoms with Crippen LogP contribution < -0.4 is 16.8 Å². The first-order chi connectivity index (χ1) is 15.6. The highest BCUT2D eigenvalue weighted by atomic mass is 16.5. The van der Waals surface area contributed by atoms with Crippen LogP contribution in [0.3, 0.4) is 0 Å². The van der Waals surface area contributed by atoms with Crippen molar-refractivity contribution in [2.45, 2.75) is 25.8 Å². The lowest BCUT2D eigenvalue weighted by atomic mass is 10.0. The third-order valence-corrected chi connectivity index (χ3v) is 5.13. The van der Waals surface area contributed by atoms with Gasteiger partial charge >= 0.3 is 0 Å². The van der Waals surface area contributed by atoms with Gasteiger partial charge in [-0.2, -0.15) is 0 Å². The van der Waals surface area contributed by atoms with Crippen LogP contribution in [0.2, 0.25) is 0 Å². The fraction of sp³-hybridized carbons (Fsp3) is 0.240. The molecule has 32 heavy (non-hydrogen) atoms. The van der Waals surface area contributed by atoms with Gasteiger partial charge in [-0.05, 0) is 43.0 Å². The van der Waals surface area contributed by atoms with Crippen molar-refractivity contribution in [2.24, 2.45) is 16.5 Å². The summed E-state index contributed by atoms with van der Waals surface area (Å²) in [5, 5.41) is 3.51. The Morgan fingerprint density at radius 2 is 1.69 bits per heavy atom. The number of hydrogen-bond donors (Lipinski definition) is 3. The van der Waals surface area contributed by atoms with Gasteiger partial charge in [-0.3, -0.25) is 0 Å². The molecule has 0 aliphatic carbocycles. The molecule has 4 rings (SSSR count). The third-order valence-electron chi connectivity index (χ3n) is 5.13. The standard InChI is InChI=1S/C25H28N6O/c1-17(26)14-22(27)29-24-16-23(28-21-10-12-32-13-11-21)30-25(31-24)20-9-5-8-19(15-20)18-6-3-2-4-7-18/h2-9,14-16,21H,10-13,26H2,1H3,(H3,27,28,29,30,31)/b17-14-. The number of nitrogens with zero attached hydrogens (tertiary/aromatic N) is 3. The van der Waals surface area contributed by atoms with E-state index in [0.29, 0.717) is 35.0 Å². The number of benzene rings is 2. The number of aromatic nitrogens is 2. The average molecular weight is 429 g/mol. The molecular weight excluding hydrogens is 400 g/mol. The number of nitrogens with two attached hydrogens (primary N) is 2. The number of amidine groups is 1. The third kappa shape index (κ3) is 5.70. The second kappa shape index (κ2) is 10.1. The number of aliphatic imine (C=N–C) groups is 1. The molecule has 1 aromatic heterocycles. The first-order valence-electron chi connectivity index (χ1n) is 10.7. The van der Waals surface area contributed by atoms with Crippen LogP contribution in [0, 0.1) is 0 Å². The van der Waals surface area contributed by atoms with E-state index in [1.165, 1.54) is 0 Å². The molecule has 3 aromatic rings. The van der Waals surface area contributed by atoms with Crippen molar-refractivity contribution >= 4 is 17.5 Å². The molecule has 0 saturated carbocycles. The molecule has 2 aromatic carbocycles. The minimum Gasteiger partial charge on any atom is -0.402 e. The van der Waals surface area contributed by atoms with Gasteiger partial charge in [0.1, 0.15) is 11.7 Å². The summed E-state index contributed by atoms with van der Waals surface area (Å²) in [6.07, 6.45) is 3.47. The summed E-state index contributed by atoms with van der Waals surface area (Å²) < 4.78 is 5.47. The fourth-order valence-electron chi connectivity index (χ4n) is 3.61. The minimum absolute atomic E-state index is 0.294. The molecule has 0 unspecified atom stereocenters. The van der Waals surface area contributed by atoms with E-state index in [2.05, 4.69) is 39.6 Å². The Balaban J connectivity index is 1.72. The maximum atomic E-state index is 6.03. The predicted octanol–water partition coefficient (Wildman–Crippen LogP) is 4.25. The summed E-state index contributed by atoms with van der Waals surface area (Å²) in [6.45, 7) is 3.25. The van der Waals surface area contributed by atoms with Crippen LogP contribution in [0.25, 0.3) is 22.5 Å². The highest BCUT2D eigenvalue weighted by Crippen LogP contribution is 2.27. The van der Waals surface area contributed by atoms with Crippen molar-refractivity contribution in [3.8, 4) is 22.5 Å². The molecular formula is C25H28N6O. The normalized spacial score (nSPS) is 15.5. The maximum Gasteiger partial charge on any atom is 0.163 e. The van der Waals surface area contributed by atoms with Crippen LogP contribution >= 0.6 is 0 Å². The monoisotopic (exact) mass is 428 g/mol. The molecule has 1 fully saturated rings. The highest BCUT2D eigenvalue weighted by molar-refractivity contribution is 5.93. The molecule has 1 aliphatic rings. The molecule has 0 atom stereocenters. The molecule has 7 heteroatoms. The molecule has 164 valence electrons. The highest BCUT2D eigenvalue weighted by Gasteiger charge is 2.16. The summed E-state index contributed by atoms with van der Waals surface area (Å²) in [7, 11) is 0. The van der Waals surface area contributed by atoms with Gasteiger partial charge in [-0.25, -0.2) is 15.0 Å². The summed E-state index contributed by atoms with van der Waals surface area (Å²) >= 11 is 0. The minimum atomic E-state index is 0.294. The zero-order valence-corrected chi connectivity index (χ0v) is 18.2. The summed E-state index contributed by atoms with van der Waals surface area (Å²) in [5.41, 5.74) is 15.5. The lowest BCUT2D eigenvalue weighted by Gasteiger charge is -2.23. The van der Waals surface area contributed by atoms with Gasteiger partial charge in [0.2, 0.25) is 0 Å². The van der Waals surface area contributed by atoms with Crippen molar-refractivity contribution in [3.05, 3.63) is 72.4 Å². The Hall–Kier alpha value is -3.71. The van der Waals surface area contributed by atoms with Crippen LogP contribution in [0.1, 0.15) is 19.8 Å². The Labute approximate surface area is 188 Å². The molecule has 0 amide bonds.